The summed E-state index contributed by atoms with van der Waals surface area (Å²) in [6.07, 6.45) is 2.90. The molecule has 3 N–H and O–H groups in total. The molecule has 1 aromatic rings. The molecule has 100 valence electrons. The minimum absolute atomic E-state index is 0.0128. The van der Waals surface area contributed by atoms with Gasteiger partial charge in [0.15, 0.2) is 0 Å². The van der Waals surface area contributed by atoms with Gasteiger partial charge >= 0.3 is 0 Å². The van der Waals surface area contributed by atoms with Gasteiger partial charge in [0.05, 0.1) is 6.42 Å². The predicted molar refractivity (Wildman–Crippen MR) is 72.1 cm³/mol. The summed E-state index contributed by atoms with van der Waals surface area (Å²) in [5, 5.41) is 8.96. The number of hydrogen-bond acceptors (Lipinski definition) is 3. The molecule has 1 fully saturated rings. The Balaban J connectivity index is 1.54. The van der Waals surface area contributed by atoms with Crippen LogP contribution in [-0.2, 0) is 11.2 Å². The van der Waals surface area contributed by atoms with Crippen LogP contribution in [0, 0.1) is 0 Å². The molecule has 0 saturated heterocycles. The first-order valence-corrected chi connectivity index (χ1v) is 6.67. The van der Waals surface area contributed by atoms with Crippen molar-refractivity contribution in [2.75, 3.05) is 18.4 Å². The summed E-state index contributed by atoms with van der Waals surface area (Å²) in [5.74, 6) is -0.109. The number of benzene rings is 1. The molecule has 0 bridgehead atoms. The van der Waals surface area contributed by atoms with Gasteiger partial charge in [0.1, 0.15) is 0 Å². The Hall–Kier alpha value is -1.88. The summed E-state index contributed by atoms with van der Waals surface area (Å²) in [5.41, 5.74) is 2.30. The van der Waals surface area contributed by atoms with E-state index in [9.17, 15) is 9.59 Å². The van der Waals surface area contributed by atoms with Crippen LogP contribution in [0.3, 0.4) is 0 Å². The van der Waals surface area contributed by atoms with Gasteiger partial charge in [-0.3, -0.25) is 9.59 Å². The number of hydrogen-bond donors (Lipinski definition) is 3. The highest BCUT2D eigenvalue weighted by Crippen LogP contribution is 2.23. The number of carbonyl (C=O) groups excluding carboxylic acids is 2. The first-order valence-electron chi connectivity index (χ1n) is 6.67. The number of carbonyl (C=O) groups is 2. The molecule has 5 nitrogen and oxygen atoms in total. The number of anilines is 1. The molecule has 2 amide bonds. The quantitative estimate of drug-likeness (QED) is 0.680. The summed E-state index contributed by atoms with van der Waals surface area (Å²) >= 11 is 0. The largest absolute Gasteiger partial charge is 0.351 e. The average molecular weight is 259 g/mol. The van der Waals surface area contributed by atoms with E-state index in [2.05, 4.69) is 16.0 Å². The fourth-order valence-electron chi connectivity index (χ4n) is 2.20. The molecule has 1 heterocycles. The van der Waals surface area contributed by atoms with Gasteiger partial charge in [-0.1, -0.05) is 6.07 Å². The molecule has 0 spiro atoms. The Bertz CT molecular complexity index is 523. The fraction of sp³-hybridized carbons (Fsp3) is 0.429. The number of nitrogens with one attached hydrogen (secondary N) is 3. The van der Waals surface area contributed by atoms with E-state index in [0.717, 1.165) is 17.8 Å². The zero-order chi connectivity index (χ0) is 13.2. The Labute approximate surface area is 111 Å². The van der Waals surface area contributed by atoms with E-state index < -0.39 is 0 Å². The third kappa shape index (κ3) is 2.93. The fourth-order valence-corrected chi connectivity index (χ4v) is 2.20. The van der Waals surface area contributed by atoms with Crippen LogP contribution in [0.5, 0.6) is 0 Å². The van der Waals surface area contributed by atoms with Gasteiger partial charge < -0.3 is 16.0 Å². The van der Waals surface area contributed by atoms with Gasteiger partial charge in [-0.2, -0.15) is 0 Å². The minimum atomic E-state index is -0.0958. The second-order valence-electron chi connectivity index (χ2n) is 5.08. The highest BCUT2D eigenvalue weighted by Gasteiger charge is 2.20. The van der Waals surface area contributed by atoms with Gasteiger partial charge in [-0.05, 0) is 30.5 Å². The molecule has 1 aromatic carbocycles. The molecule has 0 atom stereocenters. The lowest BCUT2D eigenvalue weighted by molar-refractivity contribution is -0.115. The van der Waals surface area contributed by atoms with E-state index in [1.807, 2.05) is 6.07 Å². The van der Waals surface area contributed by atoms with Gasteiger partial charge in [0.2, 0.25) is 5.91 Å². The second-order valence-corrected chi connectivity index (χ2v) is 5.08. The lowest BCUT2D eigenvalue weighted by Gasteiger charge is -2.07. The van der Waals surface area contributed by atoms with E-state index in [1.165, 1.54) is 12.8 Å². The Kier molecular flexibility index (Phi) is 3.21. The molecule has 0 aromatic heterocycles. The van der Waals surface area contributed by atoms with Crippen LogP contribution in [0.25, 0.3) is 0 Å². The van der Waals surface area contributed by atoms with Crippen LogP contribution in [0.1, 0.15) is 28.8 Å². The molecule has 5 heteroatoms. The standard InChI is InChI=1S/C14H17N3O2/c18-13-8-9-1-2-10(7-12(9)17-13)14(19)16-6-5-15-11-3-4-11/h1-2,7,11,15H,3-6,8H2,(H,16,19)(H,17,18). The zero-order valence-corrected chi connectivity index (χ0v) is 10.7. The maximum absolute atomic E-state index is 11.9. The van der Waals surface area contributed by atoms with Crippen LogP contribution in [-0.4, -0.2) is 30.9 Å². The first-order chi connectivity index (χ1) is 9.22. The molecule has 2 aliphatic rings. The van der Waals surface area contributed by atoms with Crippen molar-refractivity contribution in [3.8, 4) is 0 Å². The molecular formula is C14H17N3O2. The van der Waals surface area contributed by atoms with E-state index in [0.29, 0.717) is 24.6 Å². The molecular weight excluding hydrogens is 242 g/mol. The molecule has 0 radical (unpaired) electrons. The van der Waals surface area contributed by atoms with Gasteiger partial charge in [0, 0.05) is 30.4 Å². The van der Waals surface area contributed by atoms with E-state index in [4.69, 9.17) is 0 Å². The highest BCUT2D eigenvalue weighted by molar-refractivity contribution is 6.02. The predicted octanol–water partition coefficient (Wildman–Crippen LogP) is 0.663. The maximum Gasteiger partial charge on any atom is 0.251 e. The van der Waals surface area contributed by atoms with Crippen molar-refractivity contribution in [3.05, 3.63) is 29.3 Å². The van der Waals surface area contributed by atoms with Crippen molar-refractivity contribution < 1.29 is 9.59 Å². The van der Waals surface area contributed by atoms with Gasteiger partial charge in [0.25, 0.3) is 5.91 Å². The summed E-state index contributed by atoms with van der Waals surface area (Å²) in [7, 11) is 0. The third-order valence-electron chi connectivity index (χ3n) is 3.42. The maximum atomic E-state index is 11.9. The smallest absolute Gasteiger partial charge is 0.251 e. The summed E-state index contributed by atoms with van der Waals surface area (Å²) in [6, 6.07) is 6.00. The number of rotatable bonds is 5. The highest BCUT2D eigenvalue weighted by atomic mass is 16.2. The Morgan fingerprint density at radius 3 is 2.95 bits per heavy atom. The monoisotopic (exact) mass is 259 g/mol. The number of fused-ring (bicyclic) bond motifs is 1. The normalized spacial score (nSPS) is 16.9. The topological polar surface area (TPSA) is 70.2 Å². The van der Waals surface area contributed by atoms with Crippen molar-refractivity contribution in [2.45, 2.75) is 25.3 Å². The van der Waals surface area contributed by atoms with Crippen LogP contribution in [0.4, 0.5) is 5.69 Å². The Morgan fingerprint density at radius 2 is 2.16 bits per heavy atom. The molecule has 1 aliphatic heterocycles. The second kappa shape index (κ2) is 5.01. The summed E-state index contributed by atoms with van der Waals surface area (Å²) in [4.78, 5) is 23.2. The molecule has 1 saturated carbocycles. The van der Waals surface area contributed by atoms with Crippen LogP contribution >= 0.6 is 0 Å². The SMILES string of the molecule is O=C1Cc2ccc(C(=O)NCCNC3CC3)cc2N1. The van der Waals surface area contributed by atoms with Crippen molar-refractivity contribution >= 4 is 17.5 Å². The van der Waals surface area contributed by atoms with Crippen LogP contribution < -0.4 is 16.0 Å². The number of amides is 2. The van der Waals surface area contributed by atoms with E-state index >= 15 is 0 Å². The van der Waals surface area contributed by atoms with E-state index in [1.54, 1.807) is 12.1 Å². The molecule has 3 rings (SSSR count). The van der Waals surface area contributed by atoms with Crippen molar-refractivity contribution in [3.63, 3.8) is 0 Å². The van der Waals surface area contributed by atoms with Crippen molar-refractivity contribution in [1.82, 2.24) is 10.6 Å². The first kappa shape index (κ1) is 12.2. The Morgan fingerprint density at radius 1 is 1.32 bits per heavy atom. The zero-order valence-electron chi connectivity index (χ0n) is 10.7. The molecule has 1 aliphatic carbocycles. The molecule has 19 heavy (non-hydrogen) atoms. The summed E-state index contributed by atoms with van der Waals surface area (Å²) in [6.45, 7) is 1.43. The average Bonchev–Trinajstić information content (AvgIpc) is 3.13. The lowest BCUT2D eigenvalue weighted by Crippen LogP contribution is -2.32. The minimum Gasteiger partial charge on any atom is -0.351 e. The van der Waals surface area contributed by atoms with Crippen molar-refractivity contribution in [2.24, 2.45) is 0 Å². The van der Waals surface area contributed by atoms with Crippen molar-refractivity contribution in [1.29, 1.82) is 0 Å². The lowest BCUT2D eigenvalue weighted by atomic mass is 10.1. The van der Waals surface area contributed by atoms with E-state index in [-0.39, 0.29) is 11.8 Å². The van der Waals surface area contributed by atoms with Gasteiger partial charge in [-0.25, -0.2) is 0 Å². The van der Waals surface area contributed by atoms with Gasteiger partial charge in [-0.15, -0.1) is 0 Å². The van der Waals surface area contributed by atoms with Crippen LogP contribution in [0.2, 0.25) is 0 Å². The molecule has 0 unspecified atom stereocenters. The third-order valence-corrected chi connectivity index (χ3v) is 3.42. The summed E-state index contributed by atoms with van der Waals surface area (Å²) < 4.78 is 0. The van der Waals surface area contributed by atoms with Crippen LogP contribution in [0.15, 0.2) is 18.2 Å².